The quantitative estimate of drug-likeness (QED) is 0.172. The van der Waals surface area contributed by atoms with E-state index in [0.717, 1.165) is 44.6 Å². The normalized spacial score (nSPS) is 12.4. The van der Waals surface area contributed by atoms with E-state index in [9.17, 15) is 0 Å². The zero-order chi connectivity index (χ0) is 36.1. The van der Waals surface area contributed by atoms with Gasteiger partial charge >= 0.3 is 0 Å². The zero-order valence-electron chi connectivity index (χ0n) is 30.4. The van der Waals surface area contributed by atoms with Gasteiger partial charge in [0.15, 0.2) is 0 Å². The Bertz CT molecular complexity index is 3190. The Hall–Kier alpha value is -6.64. The van der Waals surface area contributed by atoms with E-state index >= 15 is 0 Å². The van der Waals surface area contributed by atoms with E-state index in [1.165, 1.54) is 70.9 Å². The molecule has 0 N–H and O–H groups in total. The summed E-state index contributed by atoms with van der Waals surface area (Å²) >= 11 is 0. The van der Waals surface area contributed by atoms with Crippen LogP contribution >= 0.6 is 0 Å². The molecule has 0 spiro atoms. The summed E-state index contributed by atoms with van der Waals surface area (Å²) in [7, 11) is 0. The van der Waals surface area contributed by atoms with Gasteiger partial charge in [0.25, 0.3) is 0 Å². The van der Waals surface area contributed by atoms with Gasteiger partial charge in [-0.05, 0) is 119 Å². The highest BCUT2D eigenvalue weighted by Crippen LogP contribution is 2.49. The van der Waals surface area contributed by atoms with Gasteiger partial charge < -0.3 is 8.83 Å². The molecule has 0 aliphatic carbocycles. The minimum atomic E-state index is 0.0115. The van der Waals surface area contributed by atoms with Crippen molar-refractivity contribution in [2.75, 3.05) is 0 Å². The number of benzene rings is 9. The molecule has 0 atom stereocenters. The average molecular weight is 693 g/mol. The van der Waals surface area contributed by atoms with Crippen LogP contribution in [0.15, 0.2) is 173 Å². The minimum Gasteiger partial charge on any atom is -0.456 e. The zero-order valence-corrected chi connectivity index (χ0v) is 30.4. The van der Waals surface area contributed by atoms with E-state index in [2.05, 4.69) is 172 Å². The second-order valence-electron chi connectivity index (χ2n) is 15.7. The largest absolute Gasteiger partial charge is 0.456 e. The summed E-state index contributed by atoms with van der Waals surface area (Å²) in [5.74, 6) is 1.74. The van der Waals surface area contributed by atoms with Crippen LogP contribution in [0.3, 0.4) is 0 Å². The van der Waals surface area contributed by atoms with Crippen LogP contribution in [0.4, 0.5) is 0 Å². The van der Waals surface area contributed by atoms with Crippen molar-refractivity contribution >= 4 is 65.0 Å². The summed E-state index contributed by atoms with van der Waals surface area (Å²) in [6.07, 6.45) is 0. The van der Waals surface area contributed by atoms with Crippen LogP contribution in [0.5, 0.6) is 0 Å². The molecule has 0 saturated carbocycles. The van der Waals surface area contributed by atoms with E-state index in [-0.39, 0.29) is 5.41 Å². The van der Waals surface area contributed by atoms with Crippen LogP contribution < -0.4 is 0 Å². The van der Waals surface area contributed by atoms with Crippen LogP contribution in [-0.2, 0) is 5.41 Å². The lowest BCUT2D eigenvalue weighted by atomic mass is 9.81. The molecule has 2 heterocycles. The fourth-order valence-electron chi connectivity index (χ4n) is 8.62. The summed E-state index contributed by atoms with van der Waals surface area (Å²) in [5, 5.41) is 11.9. The molecule has 54 heavy (non-hydrogen) atoms. The van der Waals surface area contributed by atoms with Crippen LogP contribution in [0.25, 0.3) is 110 Å². The van der Waals surface area contributed by atoms with Crippen molar-refractivity contribution in [3.05, 3.63) is 169 Å². The highest BCUT2D eigenvalue weighted by molar-refractivity contribution is 6.32. The van der Waals surface area contributed by atoms with Gasteiger partial charge in [0, 0.05) is 21.9 Å². The molecule has 0 unspecified atom stereocenters. The first-order valence-corrected chi connectivity index (χ1v) is 18.7. The van der Waals surface area contributed by atoms with E-state index in [1.54, 1.807) is 0 Å². The summed E-state index contributed by atoms with van der Waals surface area (Å²) in [6.45, 7) is 6.85. The third-order valence-corrected chi connectivity index (χ3v) is 11.4. The first-order chi connectivity index (χ1) is 26.4. The molecule has 0 amide bonds. The van der Waals surface area contributed by atoms with Gasteiger partial charge in [-0.2, -0.15) is 0 Å². The molecule has 0 bridgehead atoms. The molecule has 0 aliphatic heterocycles. The average Bonchev–Trinajstić information content (AvgIpc) is 3.84. The number of rotatable bonds is 4. The fraction of sp³-hybridized carbons (Fsp3) is 0.0769. The van der Waals surface area contributed by atoms with Crippen molar-refractivity contribution in [1.29, 1.82) is 0 Å². The lowest BCUT2D eigenvalue weighted by molar-refractivity contribution is 0.590. The maximum absolute atomic E-state index is 6.66. The summed E-state index contributed by atoms with van der Waals surface area (Å²) in [4.78, 5) is 0. The predicted octanol–water partition coefficient (Wildman–Crippen LogP) is 15.2. The Labute approximate surface area is 313 Å². The second-order valence-corrected chi connectivity index (χ2v) is 15.7. The Morgan fingerprint density at radius 1 is 0.352 bits per heavy atom. The van der Waals surface area contributed by atoms with E-state index < -0.39 is 0 Å². The topological polar surface area (TPSA) is 26.3 Å². The maximum atomic E-state index is 6.66. The Morgan fingerprint density at radius 3 is 1.37 bits per heavy atom. The van der Waals surface area contributed by atoms with Crippen molar-refractivity contribution in [3.8, 4) is 44.9 Å². The molecule has 0 saturated heterocycles. The standard InChI is InChI=1S/C52H36O2/c1-52(2,3)37-16-10-15-33(26-37)42-29-44(48-27-35-13-6-8-17-46(35)53-48)40-24-22-39-43(34-20-19-31-11-4-5-12-32(31)25-34)30-45(41-23-21-38(42)50(40)51(39)41)49-28-36-14-7-9-18-47(36)54-49/h4-30H,1-3H3. The molecule has 11 rings (SSSR count). The van der Waals surface area contributed by atoms with Gasteiger partial charge in [-0.1, -0.05) is 142 Å². The molecule has 2 aromatic heterocycles. The molecule has 2 nitrogen and oxygen atoms in total. The van der Waals surface area contributed by atoms with Crippen molar-refractivity contribution < 1.29 is 8.83 Å². The molecule has 0 aliphatic rings. The summed E-state index contributed by atoms with van der Waals surface area (Å²) in [6, 6.07) is 59.4. The van der Waals surface area contributed by atoms with Crippen LogP contribution in [0.1, 0.15) is 26.3 Å². The van der Waals surface area contributed by atoms with Crippen LogP contribution in [-0.4, -0.2) is 0 Å². The van der Waals surface area contributed by atoms with Gasteiger partial charge in [-0.3, -0.25) is 0 Å². The van der Waals surface area contributed by atoms with E-state index in [0.29, 0.717) is 0 Å². The number of hydrogen-bond donors (Lipinski definition) is 0. The van der Waals surface area contributed by atoms with Crippen molar-refractivity contribution in [2.24, 2.45) is 0 Å². The monoisotopic (exact) mass is 692 g/mol. The number of para-hydroxylation sites is 2. The van der Waals surface area contributed by atoms with Gasteiger partial charge in [0.05, 0.1) is 0 Å². The Balaban J connectivity index is 1.30. The van der Waals surface area contributed by atoms with Crippen LogP contribution in [0, 0.1) is 0 Å². The molecule has 256 valence electrons. The molecule has 0 radical (unpaired) electrons. The molecular weight excluding hydrogens is 657 g/mol. The van der Waals surface area contributed by atoms with Crippen molar-refractivity contribution in [2.45, 2.75) is 26.2 Å². The van der Waals surface area contributed by atoms with Crippen LogP contribution in [0.2, 0.25) is 0 Å². The van der Waals surface area contributed by atoms with E-state index in [4.69, 9.17) is 8.83 Å². The molecule has 2 heteroatoms. The Morgan fingerprint density at radius 2 is 0.833 bits per heavy atom. The van der Waals surface area contributed by atoms with Crippen molar-refractivity contribution in [3.63, 3.8) is 0 Å². The highest BCUT2D eigenvalue weighted by Gasteiger charge is 2.24. The van der Waals surface area contributed by atoms with Gasteiger partial charge in [0.2, 0.25) is 0 Å². The molecule has 0 fully saturated rings. The fourth-order valence-corrected chi connectivity index (χ4v) is 8.62. The van der Waals surface area contributed by atoms with Gasteiger partial charge in [-0.25, -0.2) is 0 Å². The third kappa shape index (κ3) is 4.73. The lowest BCUT2D eigenvalue weighted by Crippen LogP contribution is -2.10. The van der Waals surface area contributed by atoms with Crippen molar-refractivity contribution in [1.82, 2.24) is 0 Å². The minimum absolute atomic E-state index is 0.0115. The SMILES string of the molecule is CC(C)(C)c1cccc(-c2cc(-c3cc4ccccc4o3)c3ccc4c(-c5ccc6ccccc6c5)cc(-c5cc6ccccc6o5)c5ccc2c3c45)c1. The number of hydrogen-bond acceptors (Lipinski definition) is 2. The molecule has 11 aromatic rings. The van der Waals surface area contributed by atoms with Gasteiger partial charge in [-0.15, -0.1) is 0 Å². The summed E-state index contributed by atoms with van der Waals surface area (Å²) < 4.78 is 13.3. The number of fused-ring (bicyclic) bond motifs is 3. The smallest absolute Gasteiger partial charge is 0.136 e. The predicted molar refractivity (Wildman–Crippen MR) is 228 cm³/mol. The molecule has 9 aromatic carbocycles. The third-order valence-electron chi connectivity index (χ3n) is 11.4. The van der Waals surface area contributed by atoms with E-state index in [1.807, 2.05) is 12.1 Å². The first-order valence-electron chi connectivity index (χ1n) is 18.7. The first kappa shape index (κ1) is 30.9. The van der Waals surface area contributed by atoms with Gasteiger partial charge in [0.1, 0.15) is 22.7 Å². The maximum Gasteiger partial charge on any atom is 0.136 e. The Kier molecular flexibility index (Phi) is 6.55. The summed E-state index contributed by atoms with van der Waals surface area (Å²) in [5.41, 5.74) is 10.0. The second kappa shape index (κ2) is 11.4. The molecular formula is C52H36O2. The lowest BCUT2D eigenvalue weighted by Gasteiger charge is -2.22. The number of furan rings is 2. The highest BCUT2D eigenvalue weighted by atomic mass is 16.3.